The van der Waals surface area contributed by atoms with Gasteiger partial charge in [-0.15, -0.1) is 0 Å². The third-order valence-corrected chi connectivity index (χ3v) is 5.44. The molecule has 3 rings (SSSR count). The van der Waals surface area contributed by atoms with Crippen molar-refractivity contribution in [2.75, 3.05) is 45.8 Å². The van der Waals surface area contributed by atoms with Crippen molar-refractivity contribution in [2.45, 2.75) is 45.1 Å². The van der Waals surface area contributed by atoms with Crippen molar-refractivity contribution in [1.29, 1.82) is 0 Å². The van der Waals surface area contributed by atoms with Crippen LogP contribution >= 0.6 is 0 Å². The molecule has 0 aromatic rings. The standard InChI is InChI=1S/C16H31N3/c1-14-5-4-10-19(12-14)16-11-17-7-6-15(16)13-18-8-2-3-9-18/h14-17H,2-13H2,1H3. The van der Waals surface area contributed by atoms with E-state index in [1.165, 1.54) is 77.9 Å². The Morgan fingerprint density at radius 3 is 2.68 bits per heavy atom. The van der Waals surface area contributed by atoms with E-state index in [0.29, 0.717) is 0 Å². The Morgan fingerprint density at radius 2 is 1.89 bits per heavy atom. The van der Waals surface area contributed by atoms with E-state index in [0.717, 1.165) is 17.9 Å². The van der Waals surface area contributed by atoms with Crippen molar-refractivity contribution < 1.29 is 0 Å². The number of nitrogens with zero attached hydrogens (tertiary/aromatic N) is 2. The van der Waals surface area contributed by atoms with Gasteiger partial charge in [0, 0.05) is 25.7 Å². The molecule has 0 spiro atoms. The first-order valence-electron chi connectivity index (χ1n) is 8.50. The molecule has 3 heteroatoms. The molecule has 3 heterocycles. The van der Waals surface area contributed by atoms with Crippen LogP contribution in [0, 0.1) is 11.8 Å². The van der Waals surface area contributed by atoms with Crippen LogP contribution in [-0.4, -0.2) is 61.7 Å². The van der Waals surface area contributed by atoms with Crippen LogP contribution in [0.1, 0.15) is 39.0 Å². The van der Waals surface area contributed by atoms with Crippen LogP contribution in [-0.2, 0) is 0 Å². The summed E-state index contributed by atoms with van der Waals surface area (Å²) < 4.78 is 0. The molecule has 0 aromatic heterocycles. The van der Waals surface area contributed by atoms with E-state index < -0.39 is 0 Å². The lowest BCUT2D eigenvalue weighted by Gasteiger charge is -2.44. The summed E-state index contributed by atoms with van der Waals surface area (Å²) in [6.45, 7) is 11.6. The van der Waals surface area contributed by atoms with Gasteiger partial charge in [-0.3, -0.25) is 4.90 Å². The molecular formula is C16H31N3. The molecule has 3 unspecified atom stereocenters. The van der Waals surface area contributed by atoms with Crippen molar-refractivity contribution in [1.82, 2.24) is 15.1 Å². The van der Waals surface area contributed by atoms with E-state index in [4.69, 9.17) is 0 Å². The van der Waals surface area contributed by atoms with Crippen LogP contribution in [0.25, 0.3) is 0 Å². The molecule has 110 valence electrons. The predicted octanol–water partition coefficient (Wildman–Crippen LogP) is 1.79. The van der Waals surface area contributed by atoms with Crippen LogP contribution in [0.3, 0.4) is 0 Å². The fraction of sp³-hybridized carbons (Fsp3) is 1.00. The molecule has 3 nitrogen and oxygen atoms in total. The fourth-order valence-electron chi connectivity index (χ4n) is 4.36. The minimum absolute atomic E-state index is 0.803. The Balaban J connectivity index is 1.59. The molecular weight excluding hydrogens is 234 g/mol. The van der Waals surface area contributed by atoms with Gasteiger partial charge < -0.3 is 10.2 Å². The molecule has 0 saturated carbocycles. The lowest BCUT2D eigenvalue weighted by Crippen LogP contribution is -2.56. The van der Waals surface area contributed by atoms with Gasteiger partial charge in [-0.25, -0.2) is 0 Å². The monoisotopic (exact) mass is 265 g/mol. The van der Waals surface area contributed by atoms with Crippen molar-refractivity contribution in [3.63, 3.8) is 0 Å². The lowest BCUT2D eigenvalue weighted by molar-refractivity contribution is 0.0597. The number of nitrogens with one attached hydrogen (secondary N) is 1. The van der Waals surface area contributed by atoms with Crippen LogP contribution in [0.5, 0.6) is 0 Å². The highest BCUT2D eigenvalue weighted by Gasteiger charge is 2.33. The smallest absolute Gasteiger partial charge is 0.0261 e. The highest BCUT2D eigenvalue weighted by molar-refractivity contribution is 4.90. The molecule has 0 bridgehead atoms. The second kappa shape index (κ2) is 6.55. The van der Waals surface area contributed by atoms with Gasteiger partial charge in [0.2, 0.25) is 0 Å². The number of likely N-dealkylation sites (tertiary alicyclic amines) is 2. The van der Waals surface area contributed by atoms with Gasteiger partial charge in [0.25, 0.3) is 0 Å². The van der Waals surface area contributed by atoms with E-state index in [2.05, 4.69) is 22.0 Å². The van der Waals surface area contributed by atoms with E-state index in [9.17, 15) is 0 Å². The molecule has 3 fully saturated rings. The Morgan fingerprint density at radius 1 is 1.05 bits per heavy atom. The second-order valence-corrected chi connectivity index (χ2v) is 7.07. The molecule has 0 aliphatic carbocycles. The van der Waals surface area contributed by atoms with Gasteiger partial charge in [-0.1, -0.05) is 6.92 Å². The first-order chi connectivity index (χ1) is 9.33. The summed E-state index contributed by atoms with van der Waals surface area (Å²) in [7, 11) is 0. The predicted molar refractivity (Wildman–Crippen MR) is 80.4 cm³/mol. The van der Waals surface area contributed by atoms with Crippen LogP contribution < -0.4 is 5.32 Å². The summed E-state index contributed by atoms with van der Waals surface area (Å²) in [5.41, 5.74) is 0. The SMILES string of the molecule is CC1CCCN(C2CNCCC2CN2CCCC2)C1. The molecule has 3 atom stereocenters. The van der Waals surface area contributed by atoms with Crippen molar-refractivity contribution in [2.24, 2.45) is 11.8 Å². The van der Waals surface area contributed by atoms with Crippen molar-refractivity contribution in [3.8, 4) is 0 Å². The molecule has 3 aliphatic rings. The lowest BCUT2D eigenvalue weighted by atomic mass is 9.88. The maximum atomic E-state index is 3.64. The molecule has 0 aromatic carbocycles. The van der Waals surface area contributed by atoms with Crippen molar-refractivity contribution >= 4 is 0 Å². The molecule has 19 heavy (non-hydrogen) atoms. The largest absolute Gasteiger partial charge is 0.315 e. The average molecular weight is 265 g/mol. The van der Waals surface area contributed by atoms with Gasteiger partial charge in [0.1, 0.15) is 0 Å². The third kappa shape index (κ3) is 3.50. The Kier molecular flexibility index (Phi) is 4.78. The van der Waals surface area contributed by atoms with E-state index in [-0.39, 0.29) is 0 Å². The van der Waals surface area contributed by atoms with E-state index in [1.54, 1.807) is 0 Å². The third-order valence-electron chi connectivity index (χ3n) is 5.44. The highest BCUT2D eigenvalue weighted by Crippen LogP contribution is 2.26. The van der Waals surface area contributed by atoms with Gasteiger partial charge in [-0.2, -0.15) is 0 Å². The summed E-state index contributed by atoms with van der Waals surface area (Å²) >= 11 is 0. The minimum Gasteiger partial charge on any atom is -0.315 e. The zero-order valence-corrected chi connectivity index (χ0v) is 12.6. The zero-order chi connectivity index (χ0) is 13.1. The van der Waals surface area contributed by atoms with Gasteiger partial charge in [0.05, 0.1) is 0 Å². The van der Waals surface area contributed by atoms with Crippen LogP contribution in [0.15, 0.2) is 0 Å². The van der Waals surface area contributed by atoms with Gasteiger partial charge in [0.15, 0.2) is 0 Å². The first kappa shape index (κ1) is 13.8. The topological polar surface area (TPSA) is 18.5 Å². The number of rotatable bonds is 3. The highest BCUT2D eigenvalue weighted by atomic mass is 15.2. The van der Waals surface area contributed by atoms with Gasteiger partial charge >= 0.3 is 0 Å². The van der Waals surface area contributed by atoms with Crippen molar-refractivity contribution in [3.05, 3.63) is 0 Å². The Labute approximate surface area is 118 Å². The van der Waals surface area contributed by atoms with Gasteiger partial charge in [-0.05, 0) is 70.1 Å². The summed E-state index contributed by atoms with van der Waals surface area (Å²) in [5.74, 6) is 1.81. The average Bonchev–Trinajstić information content (AvgIpc) is 2.92. The Hall–Kier alpha value is -0.120. The molecule has 3 aliphatic heterocycles. The summed E-state index contributed by atoms with van der Waals surface area (Å²) in [4.78, 5) is 5.53. The number of piperidine rings is 2. The summed E-state index contributed by atoms with van der Waals surface area (Å²) in [6, 6.07) is 0.803. The molecule has 0 radical (unpaired) electrons. The second-order valence-electron chi connectivity index (χ2n) is 7.07. The van der Waals surface area contributed by atoms with Crippen LogP contribution in [0.2, 0.25) is 0 Å². The van der Waals surface area contributed by atoms with E-state index in [1.807, 2.05) is 0 Å². The number of hydrogen-bond donors (Lipinski definition) is 1. The summed E-state index contributed by atoms with van der Waals surface area (Å²) in [6.07, 6.45) is 7.08. The normalized spacial score (nSPS) is 38.7. The molecule has 3 saturated heterocycles. The molecule has 1 N–H and O–H groups in total. The van der Waals surface area contributed by atoms with Crippen LogP contribution in [0.4, 0.5) is 0 Å². The Bertz CT molecular complexity index is 275. The zero-order valence-electron chi connectivity index (χ0n) is 12.6. The minimum atomic E-state index is 0.803. The summed E-state index contributed by atoms with van der Waals surface area (Å²) in [5, 5.41) is 3.64. The fourth-order valence-corrected chi connectivity index (χ4v) is 4.36. The first-order valence-corrected chi connectivity index (χ1v) is 8.50. The molecule has 0 amide bonds. The maximum absolute atomic E-state index is 3.64. The quantitative estimate of drug-likeness (QED) is 0.839. The van der Waals surface area contributed by atoms with E-state index >= 15 is 0 Å². The maximum Gasteiger partial charge on any atom is 0.0261 e. The number of hydrogen-bond acceptors (Lipinski definition) is 3.